The summed E-state index contributed by atoms with van der Waals surface area (Å²) in [4.78, 5) is 26.8. The fourth-order valence-corrected chi connectivity index (χ4v) is 3.46. The lowest BCUT2D eigenvalue weighted by Crippen LogP contribution is -2.47. The normalized spacial score (nSPS) is 15.3. The molecule has 0 aromatic heterocycles. The molecule has 5 heteroatoms. The minimum Gasteiger partial charge on any atom is -0.345 e. The van der Waals surface area contributed by atoms with Gasteiger partial charge in [0.25, 0.3) is 0 Å². The standard InChI is InChI=1S/C22H27N3O2/c1-16-8-9-20(17(2)14-16)24-22(27)21(26)23-19-10-12-25(13-11-19)15-18-6-4-3-5-7-18/h3-9,14,19H,10-13,15H2,1-2H3,(H,23,26)(H,24,27). The minimum atomic E-state index is -0.603. The predicted octanol–water partition coefficient (Wildman–Crippen LogP) is 3.02. The summed E-state index contributed by atoms with van der Waals surface area (Å²) in [6.07, 6.45) is 1.71. The number of carbonyl (C=O) groups is 2. The second-order valence-corrected chi connectivity index (χ2v) is 7.28. The van der Waals surface area contributed by atoms with Crippen LogP contribution in [0.3, 0.4) is 0 Å². The first-order valence-electron chi connectivity index (χ1n) is 9.46. The van der Waals surface area contributed by atoms with Gasteiger partial charge in [-0.05, 0) is 43.9 Å². The van der Waals surface area contributed by atoms with Crippen molar-refractivity contribution >= 4 is 17.5 Å². The highest BCUT2D eigenvalue weighted by Gasteiger charge is 2.23. The number of nitrogens with zero attached hydrogens (tertiary/aromatic N) is 1. The second-order valence-electron chi connectivity index (χ2n) is 7.28. The van der Waals surface area contributed by atoms with Crippen LogP contribution >= 0.6 is 0 Å². The molecule has 0 atom stereocenters. The van der Waals surface area contributed by atoms with Crippen molar-refractivity contribution in [1.29, 1.82) is 0 Å². The van der Waals surface area contributed by atoms with E-state index in [-0.39, 0.29) is 6.04 Å². The molecule has 0 radical (unpaired) electrons. The van der Waals surface area contributed by atoms with E-state index in [4.69, 9.17) is 0 Å². The van der Waals surface area contributed by atoms with E-state index in [2.05, 4.69) is 39.8 Å². The van der Waals surface area contributed by atoms with Crippen LogP contribution in [0.15, 0.2) is 48.5 Å². The third kappa shape index (κ3) is 5.41. The fraction of sp³-hybridized carbons (Fsp3) is 0.364. The number of hydrogen-bond acceptors (Lipinski definition) is 3. The Morgan fingerprint density at radius 1 is 1.00 bits per heavy atom. The van der Waals surface area contributed by atoms with Crippen molar-refractivity contribution in [3.63, 3.8) is 0 Å². The summed E-state index contributed by atoms with van der Waals surface area (Å²) in [6, 6.07) is 16.2. The zero-order valence-corrected chi connectivity index (χ0v) is 16.0. The molecule has 27 heavy (non-hydrogen) atoms. The van der Waals surface area contributed by atoms with E-state index in [0.29, 0.717) is 5.69 Å². The van der Waals surface area contributed by atoms with E-state index in [1.807, 2.05) is 38.1 Å². The van der Waals surface area contributed by atoms with Crippen LogP contribution in [0.1, 0.15) is 29.5 Å². The quantitative estimate of drug-likeness (QED) is 0.819. The Kier molecular flexibility index (Phi) is 6.24. The monoisotopic (exact) mass is 365 g/mol. The topological polar surface area (TPSA) is 61.4 Å². The number of hydrogen-bond donors (Lipinski definition) is 2. The van der Waals surface area contributed by atoms with Gasteiger partial charge in [-0.25, -0.2) is 0 Å². The van der Waals surface area contributed by atoms with Gasteiger partial charge in [-0.3, -0.25) is 14.5 Å². The lowest BCUT2D eigenvalue weighted by Gasteiger charge is -2.32. The summed E-state index contributed by atoms with van der Waals surface area (Å²) in [5.74, 6) is -1.16. The number of amides is 2. The highest BCUT2D eigenvalue weighted by atomic mass is 16.2. The van der Waals surface area contributed by atoms with Crippen molar-refractivity contribution in [2.75, 3.05) is 18.4 Å². The van der Waals surface area contributed by atoms with Crippen molar-refractivity contribution in [3.8, 4) is 0 Å². The average molecular weight is 365 g/mol. The van der Waals surface area contributed by atoms with Gasteiger partial charge >= 0.3 is 11.8 Å². The van der Waals surface area contributed by atoms with Crippen LogP contribution in [0, 0.1) is 13.8 Å². The molecule has 5 nitrogen and oxygen atoms in total. The van der Waals surface area contributed by atoms with Crippen LogP contribution in [0.4, 0.5) is 5.69 Å². The molecule has 1 aliphatic heterocycles. The van der Waals surface area contributed by atoms with E-state index >= 15 is 0 Å². The fourth-order valence-electron chi connectivity index (χ4n) is 3.46. The van der Waals surface area contributed by atoms with Crippen LogP contribution in [0.25, 0.3) is 0 Å². The molecule has 142 valence electrons. The van der Waals surface area contributed by atoms with Gasteiger partial charge in [0.05, 0.1) is 0 Å². The molecule has 0 bridgehead atoms. The van der Waals surface area contributed by atoms with Gasteiger partial charge in [0.15, 0.2) is 0 Å². The number of anilines is 1. The number of piperidine rings is 1. The van der Waals surface area contributed by atoms with Crippen LogP contribution in [-0.4, -0.2) is 35.8 Å². The Bertz CT molecular complexity index is 796. The Hall–Kier alpha value is -2.66. The van der Waals surface area contributed by atoms with Gasteiger partial charge in [0, 0.05) is 31.4 Å². The molecule has 0 unspecified atom stereocenters. The molecule has 2 N–H and O–H groups in total. The van der Waals surface area contributed by atoms with Gasteiger partial charge in [-0.2, -0.15) is 0 Å². The lowest BCUT2D eigenvalue weighted by molar-refractivity contribution is -0.136. The first-order chi connectivity index (χ1) is 13.0. The van der Waals surface area contributed by atoms with E-state index < -0.39 is 11.8 Å². The number of carbonyl (C=O) groups excluding carboxylic acids is 2. The molecule has 0 spiro atoms. The zero-order chi connectivity index (χ0) is 19.2. The Morgan fingerprint density at radius 2 is 1.70 bits per heavy atom. The molecule has 2 aromatic carbocycles. The molecule has 2 aromatic rings. The van der Waals surface area contributed by atoms with Crippen molar-refractivity contribution in [3.05, 3.63) is 65.2 Å². The first-order valence-corrected chi connectivity index (χ1v) is 9.46. The second kappa shape index (κ2) is 8.82. The largest absolute Gasteiger partial charge is 0.345 e. The Labute approximate surface area is 160 Å². The SMILES string of the molecule is Cc1ccc(NC(=O)C(=O)NC2CCN(Cc3ccccc3)CC2)c(C)c1. The number of benzene rings is 2. The number of likely N-dealkylation sites (tertiary alicyclic amines) is 1. The van der Waals surface area contributed by atoms with Gasteiger partial charge in [0.2, 0.25) is 0 Å². The summed E-state index contributed by atoms with van der Waals surface area (Å²) in [5.41, 5.74) is 4.05. The molecule has 1 aliphatic rings. The molecule has 3 rings (SSSR count). The third-order valence-corrected chi connectivity index (χ3v) is 5.01. The Balaban J connectivity index is 1.45. The number of nitrogens with one attached hydrogen (secondary N) is 2. The van der Waals surface area contributed by atoms with Crippen LogP contribution in [0.2, 0.25) is 0 Å². The molecular weight excluding hydrogens is 338 g/mol. The molecule has 1 saturated heterocycles. The molecule has 1 fully saturated rings. The van der Waals surface area contributed by atoms with Gasteiger partial charge in [0.1, 0.15) is 0 Å². The van der Waals surface area contributed by atoms with Gasteiger partial charge in [-0.15, -0.1) is 0 Å². The van der Waals surface area contributed by atoms with Crippen LogP contribution < -0.4 is 10.6 Å². The van der Waals surface area contributed by atoms with Gasteiger partial charge < -0.3 is 10.6 Å². The van der Waals surface area contributed by atoms with Gasteiger partial charge in [-0.1, -0.05) is 48.0 Å². The molecule has 1 heterocycles. The zero-order valence-electron chi connectivity index (χ0n) is 16.0. The molecule has 2 amide bonds. The number of rotatable bonds is 4. The van der Waals surface area contributed by atoms with E-state index in [9.17, 15) is 9.59 Å². The summed E-state index contributed by atoms with van der Waals surface area (Å²) in [6.45, 7) is 6.67. The first kappa shape index (κ1) is 19.1. The maximum atomic E-state index is 12.2. The van der Waals surface area contributed by atoms with Crippen LogP contribution in [0.5, 0.6) is 0 Å². The van der Waals surface area contributed by atoms with Crippen molar-refractivity contribution in [2.45, 2.75) is 39.3 Å². The minimum absolute atomic E-state index is 0.0504. The third-order valence-electron chi connectivity index (χ3n) is 5.01. The van der Waals surface area contributed by atoms with E-state index in [1.54, 1.807) is 0 Å². The average Bonchev–Trinajstić information content (AvgIpc) is 2.66. The number of aryl methyl sites for hydroxylation is 2. The maximum absolute atomic E-state index is 12.2. The van der Waals surface area contributed by atoms with Crippen molar-refractivity contribution < 1.29 is 9.59 Å². The van der Waals surface area contributed by atoms with Crippen molar-refractivity contribution in [2.24, 2.45) is 0 Å². The predicted molar refractivity (Wildman–Crippen MR) is 107 cm³/mol. The smallest absolute Gasteiger partial charge is 0.313 e. The van der Waals surface area contributed by atoms with Crippen molar-refractivity contribution in [1.82, 2.24) is 10.2 Å². The van der Waals surface area contributed by atoms with Crippen LogP contribution in [-0.2, 0) is 16.1 Å². The highest BCUT2D eigenvalue weighted by molar-refractivity contribution is 6.39. The molecule has 0 saturated carbocycles. The van der Waals surface area contributed by atoms with E-state index in [1.165, 1.54) is 5.56 Å². The summed E-state index contributed by atoms with van der Waals surface area (Å²) < 4.78 is 0. The molecular formula is C22H27N3O2. The molecule has 0 aliphatic carbocycles. The summed E-state index contributed by atoms with van der Waals surface area (Å²) in [5, 5.41) is 5.58. The van der Waals surface area contributed by atoms with E-state index in [0.717, 1.165) is 43.6 Å². The Morgan fingerprint density at radius 3 is 2.37 bits per heavy atom. The maximum Gasteiger partial charge on any atom is 0.313 e. The lowest BCUT2D eigenvalue weighted by atomic mass is 10.0. The highest BCUT2D eigenvalue weighted by Crippen LogP contribution is 2.16. The summed E-state index contributed by atoms with van der Waals surface area (Å²) >= 11 is 0. The summed E-state index contributed by atoms with van der Waals surface area (Å²) in [7, 11) is 0.